The minimum absolute atomic E-state index is 0.0826. The maximum Gasteiger partial charge on any atom is 0.197 e. The lowest BCUT2D eigenvalue weighted by molar-refractivity contribution is -0.662. The highest BCUT2D eigenvalue weighted by Crippen LogP contribution is 2.18. The smallest absolute Gasteiger partial charge is 0.197 e. The van der Waals surface area contributed by atoms with Gasteiger partial charge in [-0.2, -0.15) is 0 Å². The molecule has 0 fully saturated rings. The standard InChI is InChI=1S/C15H11NO3.C10H23NO5/c17-14(18)9-16-12-7-3-1-5-10(12)15(19)11-6-2-4-8-13(11)16;1-2-3-4-11-5-7(13)9(15)10(16)8(14)6-12/h1-8H,9H2,(H,17,18);7-16H,2-6H2,1H3/t;7-,8+,9+,10+/m.1/s1. The summed E-state index contributed by atoms with van der Waals surface area (Å²) >= 11 is 0. The van der Waals surface area contributed by atoms with Crippen LogP contribution in [-0.2, 0) is 11.3 Å². The summed E-state index contributed by atoms with van der Waals surface area (Å²) in [5, 5.41) is 59.7. The molecule has 1 heterocycles. The molecular weight excluding hydrogens is 456 g/mol. The Hall–Kier alpha value is -2.86. The van der Waals surface area contributed by atoms with Crippen molar-refractivity contribution in [1.82, 2.24) is 4.57 Å². The van der Waals surface area contributed by atoms with E-state index in [9.17, 15) is 30.0 Å². The number of aromatic nitrogens is 1. The highest BCUT2D eigenvalue weighted by molar-refractivity contribution is 5.94. The quantitative estimate of drug-likeness (QED) is 0.128. The normalized spacial score (nSPS) is 14.7. The lowest BCUT2D eigenvalue weighted by Gasteiger charge is -2.24. The van der Waals surface area contributed by atoms with E-state index in [1.807, 2.05) is 5.32 Å². The number of hydrogen-bond donors (Lipinski definition) is 6. The van der Waals surface area contributed by atoms with Gasteiger partial charge >= 0.3 is 0 Å². The van der Waals surface area contributed by atoms with Crippen molar-refractivity contribution in [3.8, 4) is 0 Å². The molecule has 192 valence electrons. The van der Waals surface area contributed by atoms with Crippen LogP contribution < -0.4 is 15.9 Å². The molecule has 0 aliphatic carbocycles. The molecule has 35 heavy (non-hydrogen) atoms. The minimum atomic E-state index is -1.53. The highest BCUT2D eigenvalue weighted by Gasteiger charge is 2.30. The van der Waals surface area contributed by atoms with Gasteiger partial charge < -0.3 is 45.3 Å². The van der Waals surface area contributed by atoms with Crippen LogP contribution >= 0.6 is 0 Å². The predicted octanol–water partition coefficient (Wildman–Crippen LogP) is -2.31. The maximum atomic E-state index is 12.3. The number of carbonyl (C=O) groups excluding carboxylic acids is 1. The Morgan fingerprint density at radius 1 is 0.943 bits per heavy atom. The first-order valence-electron chi connectivity index (χ1n) is 11.6. The molecule has 10 heteroatoms. The lowest BCUT2D eigenvalue weighted by Crippen LogP contribution is -2.87. The Kier molecular flexibility index (Phi) is 11.3. The lowest BCUT2D eigenvalue weighted by atomic mass is 10.0. The number of nitrogens with two attached hydrogens (primary N) is 1. The van der Waals surface area contributed by atoms with E-state index in [1.54, 1.807) is 53.1 Å². The molecule has 3 rings (SSSR count). The second-order valence-electron chi connectivity index (χ2n) is 8.29. The summed E-state index contributed by atoms with van der Waals surface area (Å²) < 4.78 is 1.60. The van der Waals surface area contributed by atoms with Crippen LogP contribution in [0.5, 0.6) is 0 Å². The van der Waals surface area contributed by atoms with Crippen LogP contribution in [0, 0.1) is 0 Å². The van der Waals surface area contributed by atoms with Gasteiger partial charge in [-0.15, -0.1) is 0 Å². The van der Waals surface area contributed by atoms with Crippen molar-refractivity contribution in [3.63, 3.8) is 0 Å². The molecule has 0 aliphatic rings. The number of nitrogens with zero attached hydrogens (tertiary/aromatic N) is 1. The number of fused-ring (bicyclic) bond motifs is 2. The van der Waals surface area contributed by atoms with Crippen LogP contribution in [0.4, 0.5) is 0 Å². The number of aliphatic hydroxyl groups is 5. The second-order valence-corrected chi connectivity index (χ2v) is 8.29. The van der Waals surface area contributed by atoms with Crippen LogP contribution in [0.15, 0.2) is 53.3 Å². The molecule has 0 saturated heterocycles. The van der Waals surface area contributed by atoms with Crippen LogP contribution in [-0.4, -0.2) is 80.2 Å². The third-order valence-electron chi connectivity index (χ3n) is 5.66. The molecule has 0 aliphatic heterocycles. The molecule has 2 aromatic carbocycles. The average Bonchev–Trinajstić information content (AvgIpc) is 2.87. The largest absolute Gasteiger partial charge is 0.548 e. The summed E-state index contributed by atoms with van der Waals surface area (Å²) in [5.74, 6) is -1.18. The van der Waals surface area contributed by atoms with E-state index in [0.29, 0.717) is 21.8 Å². The number of hydrogen-bond acceptors (Lipinski definition) is 8. The number of para-hydroxylation sites is 2. The Morgan fingerprint density at radius 3 is 1.94 bits per heavy atom. The molecule has 0 unspecified atom stereocenters. The van der Waals surface area contributed by atoms with Gasteiger partial charge in [-0.3, -0.25) is 4.79 Å². The van der Waals surface area contributed by atoms with Gasteiger partial charge in [-0.25, -0.2) is 0 Å². The first-order valence-corrected chi connectivity index (χ1v) is 11.6. The molecular formula is C25H34N2O8. The zero-order valence-corrected chi connectivity index (χ0v) is 19.7. The first-order chi connectivity index (χ1) is 16.7. The van der Waals surface area contributed by atoms with Gasteiger partial charge in [0.2, 0.25) is 0 Å². The van der Waals surface area contributed by atoms with Crippen LogP contribution in [0.1, 0.15) is 19.8 Å². The molecule has 7 N–H and O–H groups in total. The van der Waals surface area contributed by atoms with Gasteiger partial charge in [0.05, 0.1) is 36.7 Å². The van der Waals surface area contributed by atoms with Gasteiger partial charge in [0.1, 0.15) is 31.0 Å². The number of aliphatic hydroxyl groups excluding tert-OH is 5. The predicted molar refractivity (Wildman–Crippen MR) is 128 cm³/mol. The van der Waals surface area contributed by atoms with E-state index in [1.165, 1.54) is 0 Å². The van der Waals surface area contributed by atoms with Crippen molar-refractivity contribution in [1.29, 1.82) is 0 Å². The second kappa shape index (κ2) is 13.9. The van der Waals surface area contributed by atoms with Gasteiger partial charge in [0.25, 0.3) is 0 Å². The third-order valence-corrected chi connectivity index (χ3v) is 5.66. The van der Waals surface area contributed by atoms with Gasteiger partial charge in [0.15, 0.2) is 5.43 Å². The molecule has 0 spiro atoms. The number of unbranched alkanes of at least 4 members (excludes halogenated alkanes) is 1. The number of carboxylic acid groups (broad SMARTS) is 1. The molecule has 0 saturated carbocycles. The van der Waals surface area contributed by atoms with E-state index in [2.05, 4.69) is 6.92 Å². The number of benzene rings is 2. The number of carbonyl (C=O) groups is 1. The Morgan fingerprint density at radius 2 is 1.46 bits per heavy atom. The van der Waals surface area contributed by atoms with Crippen molar-refractivity contribution in [2.45, 2.75) is 50.7 Å². The molecule has 3 aromatic rings. The average molecular weight is 491 g/mol. The molecule has 10 nitrogen and oxygen atoms in total. The SMILES string of the molecule is CCCC[NH2+]C[C@@H](O)[C@H](O)[C@@H](O)[C@@H](O)CO.O=C([O-])Cn1c2ccccc2c(=O)c2ccccc21. The first kappa shape index (κ1) is 28.4. The third kappa shape index (κ3) is 7.56. The summed E-state index contributed by atoms with van der Waals surface area (Å²) in [6.07, 6.45) is -3.45. The molecule has 1 aromatic heterocycles. The number of quaternary nitrogens is 1. The number of pyridine rings is 1. The summed E-state index contributed by atoms with van der Waals surface area (Å²) in [7, 11) is 0. The van der Waals surface area contributed by atoms with Crippen LogP contribution in [0.3, 0.4) is 0 Å². The summed E-state index contributed by atoms with van der Waals surface area (Å²) in [6.45, 7) is 2.24. The fourth-order valence-corrected chi connectivity index (χ4v) is 3.72. The van der Waals surface area contributed by atoms with Crippen LogP contribution in [0.2, 0.25) is 0 Å². The van der Waals surface area contributed by atoms with Crippen molar-refractivity contribution in [3.05, 3.63) is 58.8 Å². The monoisotopic (exact) mass is 490 g/mol. The van der Waals surface area contributed by atoms with E-state index in [-0.39, 0.29) is 18.5 Å². The Balaban J connectivity index is 0.000000252. The molecule has 0 bridgehead atoms. The zero-order chi connectivity index (χ0) is 26.0. The van der Waals surface area contributed by atoms with E-state index < -0.39 is 37.0 Å². The van der Waals surface area contributed by atoms with Crippen molar-refractivity contribution < 1.29 is 40.8 Å². The summed E-state index contributed by atoms with van der Waals surface area (Å²) in [5.41, 5.74) is 1.13. The van der Waals surface area contributed by atoms with Crippen LogP contribution in [0.25, 0.3) is 21.8 Å². The van der Waals surface area contributed by atoms with Gasteiger partial charge in [-0.05, 0) is 30.7 Å². The summed E-state index contributed by atoms with van der Waals surface area (Å²) in [4.78, 5) is 23.3. The molecule has 0 radical (unpaired) electrons. The Labute approximate surface area is 202 Å². The molecule has 0 amide bonds. The Bertz CT molecular complexity index is 1090. The fourth-order valence-electron chi connectivity index (χ4n) is 3.72. The topological polar surface area (TPSA) is 180 Å². The minimum Gasteiger partial charge on any atom is -0.548 e. The molecule has 4 atom stereocenters. The number of carboxylic acids is 1. The van der Waals surface area contributed by atoms with Gasteiger partial charge in [0, 0.05) is 10.8 Å². The number of rotatable bonds is 11. The van der Waals surface area contributed by atoms with E-state index in [4.69, 9.17) is 10.2 Å². The van der Waals surface area contributed by atoms with Crippen molar-refractivity contribution in [2.75, 3.05) is 19.7 Å². The van der Waals surface area contributed by atoms with E-state index >= 15 is 0 Å². The number of aliphatic carboxylic acids is 1. The van der Waals surface area contributed by atoms with Crippen molar-refractivity contribution in [2.24, 2.45) is 0 Å². The van der Waals surface area contributed by atoms with Crippen molar-refractivity contribution >= 4 is 27.8 Å². The summed E-state index contributed by atoms with van der Waals surface area (Å²) in [6, 6.07) is 14.0. The fraction of sp³-hybridized carbons (Fsp3) is 0.440. The highest BCUT2D eigenvalue weighted by atomic mass is 16.4. The van der Waals surface area contributed by atoms with E-state index in [0.717, 1.165) is 19.4 Å². The maximum absolute atomic E-state index is 12.3. The zero-order valence-electron chi connectivity index (χ0n) is 19.7. The van der Waals surface area contributed by atoms with Gasteiger partial charge in [-0.1, -0.05) is 37.6 Å².